The number of hydrogen-bond donors (Lipinski definition) is 2. The quantitative estimate of drug-likeness (QED) is 0.446. The van der Waals surface area contributed by atoms with Crippen LogP contribution in [0.3, 0.4) is 0 Å². The smallest absolute Gasteiger partial charge is 0.224 e. The van der Waals surface area contributed by atoms with E-state index in [0.29, 0.717) is 23.6 Å². The van der Waals surface area contributed by atoms with Gasteiger partial charge in [-0.25, -0.2) is 19.3 Å². The van der Waals surface area contributed by atoms with Crippen molar-refractivity contribution in [3.8, 4) is 16.9 Å². The average Bonchev–Trinajstić information content (AvgIpc) is 3.55. The molecule has 1 saturated carbocycles. The molecule has 2 fully saturated rings. The largest absolute Gasteiger partial charge is 0.351 e. The van der Waals surface area contributed by atoms with E-state index in [1.165, 1.54) is 25.0 Å². The first-order chi connectivity index (χ1) is 16.7. The summed E-state index contributed by atoms with van der Waals surface area (Å²) in [7, 11) is 0. The number of nitrogens with one attached hydrogen (secondary N) is 2. The average molecular weight is 458 g/mol. The van der Waals surface area contributed by atoms with Crippen molar-refractivity contribution in [2.24, 2.45) is 0 Å². The third-order valence-electron chi connectivity index (χ3n) is 7.02. The van der Waals surface area contributed by atoms with Gasteiger partial charge < -0.3 is 10.6 Å². The predicted molar refractivity (Wildman–Crippen MR) is 131 cm³/mol. The highest BCUT2D eigenvalue weighted by Crippen LogP contribution is 2.34. The van der Waals surface area contributed by atoms with Crippen molar-refractivity contribution >= 4 is 17.1 Å². The monoisotopic (exact) mass is 457 g/mol. The van der Waals surface area contributed by atoms with Gasteiger partial charge in [0.25, 0.3) is 0 Å². The van der Waals surface area contributed by atoms with Gasteiger partial charge in [0.05, 0.1) is 0 Å². The van der Waals surface area contributed by atoms with Crippen molar-refractivity contribution in [1.82, 2.24) is 29.8 Å². The van der Waals surface area contributed by atoms with Crippen LogP contribution in [0.15, 0.2) is 48.9 Å². The zero-order chi connectivity index (χ0) is 22.9. The van der Waals surface area contributed by atoms with Crippen LogP contribution in [0.2, 0.25) is 0 Å². The second kappa shape index (κ2) is 9.10. The number of rotatable bonds is 5. The Bertz CT molecular complexity index is 1290. The predicted octanol–water partition coefficient (Wildman–Crippen LogP) is 4.84. The molecular formula is C26H28FN7. The fourth-order valence-electron chi connectivity index (χ4n) is 5.20. The molecule has 0 atom stereocenters. The van der Waals surface area contributed by atoms with Crippen LogP contribution < -0.4 is 10.6 Å². The van der Waals surface area contributed by atoms with E-state index in [9.17, 15) is 4.39 Å². The van der Waals surface area contributed by atoms with E-state index in [4.69, 9.17) is 9.97 Å². The van der Waals surface area contributed by atoms with Crippen molar-refractivity contribution in [3.63, 3.8) is 0 Å². The van der Waals surface area contributed by atoms with E-state index in [-0.39, 0.29) is 5.82 Å². The third-order valence-corrected chi connectivity index (χ3v) is 7.02. The summed E-state index contributed by atoms with van der Waals surface area (Å²) in [6.45, 7) is 1.98. The molecule has 0 unspecified atom stereocenters. The van der Waals surface area contributed by atoms with E-state index >= 15 is 0 Å². The Morgan fingerprint density at radius 1 is 0.941 bits per heavy atom. The van der Waals surface area contributed by atoms with E-state index < -0.39 is 0 Å². The molecule has 1 aromatic carbocycles. The highest BCUT2D eigenvalue weighted by molar-refractivity contribution is 5.91. The zero-order valence-electron chi connectivity index (χ0n) is 19.0. The van der Waals surface area contributed by atoms with Crippen molar-refractivity contribution in [3.05, 3.63) is 60.4 Å². The van der Waals surface area contributed by atoms with Gasteiger partial charge in [0, 0.05) is 29.4 Å². The van der Waals surface area contributed by atoms with Crippen LogP contribution in [-0.2, 0) is 0 Å². The second-order valence-corrected chi connectivity index (χ2v) is 9.28. The molecule has 2 aliphatic rings. The van der Waals surface area contributed by atoms with Gasteiger partial charge in [0.1, 0.15) is 23.5 Å². The summed E-state index contributed by atoms with van der Waals surface area (Å²) in [6, 6.07) is 11.1. The standard InChI is InChI=1S/C26H28FN7/c27-19-7-5-17(6-8-19)21-15-22(18-9-12-28-13-10-18)32-25-24(21)34(16-30-25)23-11-14-29-26(33-23)31-20-3-1-2-4-20/h5-8,11,14-16,18,20,28H,1-4,9-10,12-13H2,(H,29,31,33). The lowest BCUT2D eigenvalue weighted by molar-refractivity contribution is 0.454. The number of aromatic nitrogens is 5. The molecule has 3 aromatic heterocycles. The molecule has 0 radical (unpaired) electrons. The van der Waals surface area contributed by atoms with Gasteiger partial charge in [0.15, 0.2) is 5.65 Å². The molecule has 8 heteroatoms. The van der Waals surface area contributed by atoms with Crippen LogP contribution in [-0.4, -0.2) is 43.6 Å². The molecule has 1 saturated heterocycles. The van der Waals surface area contributed by atoms with Crippen LogP contribution in [0.4, 0.5) is 10.3 Å². The Morgan fingerprint density at radius 3 is 2.53 bits per heavy atom. The molecule has 1 aliphatic heterocycles. The van der Waals surface area contributed by atoms with Crippen molar-refractivity contribution in [1.29, 1.82) is 0 Å². The molecule has 1 aliphatic carbocycles. The first kappa shape index (κ1) is 21.2. The molecule has 7 nitrogen and oxygen atoms in total. The summed E-state index contributed by atoms with van der Waals surface area (Å²) in [5, 5.41) is 6.90. The highest BCUT2D eigenvalue weighted by Gasteiger charge is 2.22. The number of fused-ring (bicyclic) bond motifs is 1. The summed E-state index contributed by atoms with van der Waals surface area (Å²) in [4.78, 5) is 18.9. The van der Waals surface area contributed by atoms with E-state index in [1.807, 2.05) is 22.8 Å². The molecule has 4 aromatic rings. The Hall–Kier alpha value is -3.39. The maximum atomic E-state index is 13.7. The Morgan fingerprint density at radius 2 is 1.74 bits per heavy atom. The van der Waals surface area contributed by atoms with Gasteiger partial charge in [-0.3, -0.25) is 4.57 Å². The third kappa shape index (κ3) is 4.14. The van der Waals surface area contributed by atoms with Gasteiger partial charge in [-0.2, -0.15) is 4.98 Å². The first-order valence-electron chi connectivity index (χ1n) is 12.2. The number of benzene rings is 1. The van der Waals surface area contributed by atoms with Crippen LogP contribution >= 0.6 is 0 Å². The Balaban J connectivity index is 1.46. The van der Waals surface area contributed by atoms with Crippen molar-refractivity contribution in [2.45, 2.75) is 50.5 Å². The van der Waals surface area contributed by atoms with Crippen LogP contribution in [0.1, 0.15) is 50.1 Å². The molecule has 0 bridgehead atoms. The molecule has 4 heterocycles. The fraction of sp³-hybridized carbons (Fsp3) is 0.385. The van der Waals surface area contributed by atoms with Gasteiger partial charge in [0.2, 0.25) is 5.95 Å². The van der Waals surface area contributed by atoms with Gasteiger partial charge >= 0.3 is 0 Å². The SMILES string of the molecule is Fc1ccc(-c2cc(C3CCNCC3)nc3ncn(-c4ccnc(NC5CCCC5)n4)c23)cc1. The molecule has 174 valence electrons. The Kier molecular flexibility index (Phi) is 5.66. The highest BCUT2D eigenvalue weighted by atomic mass is 19.1. The number of nitrogens with zero attached hydrogens (tertiary/aromatic N) is 5. The lowest BCUT2D eigenvalue weighted by Crippen LogP contribution is -2.27. The molecule has 6 rings (SSSR count). The molecule has 2 N–H and O–H groups in total. The van der Waals surface area contributed by atoms with Crippen LogP contribution in [0.25, 0.3) is 28.1 Å². The molecule has 0 amide bonds. The number of pyridine rings is 1. The minimum atomic E-state index is -0.250. The summed E-state index contributed by atoms with van der Waals surface area (Å²) >= 11 is 0. The van der Waals surface area contributed by atoms with E-state index in [0.717, 1.165) is 66.9 Å². The maximum Gasteiger partial charge on any atom is 0.224 e. The van der Waals surface area contributed by atoms with Crippen molar-refractivity contribution < 1.29 is 4.39 Å². The van der Waals surface area contributed by atoms with Crippen LogP contribution in [0.5, 0.6) is 0 Å². The topological polar surface area (TPSA) is 80.5 Å². The van der Waals surface area contributed by atoms with Gasteiger partial charge in [-0.15, -0.1) is 0 Å². The van der Waals surface area contributed by atoms with Crippen LogP contribution in [0, 0.1) is 5.82 Å². The van der Waals surface area contributed by atoms with E-state index in [1.54, 1.807) is 12.5 Å². The summed E-state index contributed by atoms with van der Waals surface area (Å²) in [6.07, 6.45) is 10.4. The minimum absolute atomic E-state index is 0.250. The lowest BCUT2D eigenvalue weighted by Gasteiger charge is -2.23. The number of anilines is 1. The van der Waals surface area contributed by atoms with E-state index in [2.05, 4.69) is 26.7 Å². The summed E-state index contributed by atoms with van der Waals surface area (Å²) < 4.78 is 15.7. The first-order valence-corrected chi connectivity index (χ1v) is 12.2. The number of piperidine rings is 1. The number of imidazole rings is 1. The lowest BCUT2D eigenvalue weighted by atomic mass is 9.92. The molecule has 0 spiro atoms. The number of halogens is 1. The normalized spacial score (nSPS) is 17.4. The second-order valence-electron chi connectivity index (χ2n) is 9.28. The van der Waals surface area contributed by atoms with Crippen molar-refractivity contribution in [2.75, 3.05) is 18.4 Å². The zero-order valence-corrected chi connectivity index (χ0v) is 19.0. The van der Waals surface area contributed by atoms with Gasteiger partial charge in [-0.1, -0.05) is 25.0 Å². The molecular weight excluding hydrogens is 429 g/mol. The fourth-order valence-corrected chi connectivity index (χ4v) is 5.20. The number of hydrogen-bond acceptors (Lipinski definition) is 6. The summed E-state index contributed by atoms with van der Waals surface area (Å²) in [5.41, 5.74) is 4.52. The Labute approximate surface area is 197 Å². The minimum Gasteiger partial charge on any atom is -0.351 e. The summed E-state index contributed by atoms with van der Waals surface area (Å²) in [5.74, 6) is 1.50. The van der Waals surface area contributed by atoms with Gasteiger partial charge in [-0.05, 0) is 68.6 Å². The molecule has 34 heavy (non-hydrogen) atoms. The maximum absolute atomic E-state index is 13.7.